The number of amides is 2. The van der Waals surface area contributed by atoms with Gasteiger partial charge in [0.15, 0.2) is 0 Å². The number of anilines is 1. The van der Waals surface area contributed by atoms with Crippen molar-refractivity contribution in [3.8, 4) is 0 Å². The summed E-state index contributed by atoms with van der Waals surface area (Å²) in [5.74, 6) is -0.321. The summed E-state index contributed by atoms with van der Waals surface area (Å²) in [6, 6.07) is 6.84. The zero-order valence-electron chi connectivity index (χ0n) is 13.2. The molecule has 1 aliphatic rings. The molecule has 1 saturated heterocycles. The standard InChI is InChI=1S/C17H20N4O2S/c22-16(21-15-6-1-2-7-19-17(15)23)12-4-3-5-13(8-12)20-10-14-9-18-11-24-14/h3-5,8-9,11,15,20H,1-2,6-7,10H2,(H,19,23)(H,21,22)/t15-/m0/s1. The molecule has 0 radical (unpaired) electrons. The molecule has 0 unspecified atom stereocenters. The first-order chi connectivity index (χ1) is 11.7. The van der Waals surface area contributed by atoms with E-state index in [1.165, 1.54) is 0 Å². The minimum atomic E-state index is -0.450. The van der Waals surface area contributed by atoms with Gasteiger partial charge in [-0.2, -0.15) is 0 Å². The van der Waals surface area contributed by atoms with Crippen LogP contribution in [0.5, 0.6) is 0 Å². The molecule has 3 rings (SSSR count). The molecule has 1 atom stereocenters. The average Bonchev–Trinajstić information content (AvgIpc) is 3.04. The number of rotatable bonds is 5. The summed E-state index contributed by atoms with van der Waals surface area (Å²) < 4.78 is 0. The van der Waals surface area contributed by atoms with E-state index in [2.05, 4.69) is 20.9 Å². The van der Waals surface area contributed by atoms with E-state index in [-0.39, 0.29) is 11.8 Å². The van der Waals surface area contributed by atoms with Gasteiger partial charge in [-0.05, 0) is 37.5 Å². The van der Waals surface area contributed by atoms with Gasteiger partial charge in [0.2, 0.25) is 5.91 Å². The smallest absolute Gasteiger partial charge is 0.252 e. The average molecular weight is 344 g/mol. The second kappa shape index (κ2) is 7.92. The number of aromatic nitrogens is 1. The van der Waals surface area contributed by atoms with Crippen LogP contribution in [0.3, 0.4) is 0 Å². The van der Waals surface area contributed by atoms with Crippen molar-refractivity contribution in [3.63, 3.8) is 0 Å². The quantitative estimate of drug-likeness (QED) is 0.776. The Balaban J connectivity index is 1.62. The first-order valence-electron chi connectivity index (χ1n) is 8.02. The maximum absolute atomic E-state index is 12.4. The van der Waals surface area contributed by atoms with Gasteiger partial charge >= 0.3 is 0 Å². The highest BCUT2D eigenvalue weighted by atomic mass is 32.1. The third-order valence-corrected chi connectivity index (χ3v) is 4.70. The molecule has 7 heteroatoms. The van der Waals surface area contributed by atoms with E-state index in [0.29, 0.717) is 25.1 Å². The molecule has 2 heterocycles. The minimum absolute atomic E-state index is 0.0969. The van der Waals surface area contributed by atoms with E-state index in [0.717, 1.165) is 23.4 Å². The Morgan fingerprint density at radius 1 is 1.38 bits per heavy atom. The van der Waals surface area contributed by atoms with Crippen LogP contribution in [-0.2, 0) is 11.3 Å². The van der Waals surface area contributed by atoms with Crippen LogP contribution in [0.25, 0.3) is 0 Å². The van der Waals surface area contributed by atoms with Gasteiger partial charge in [-0.15, -0.1) is 11.3 Å². The fourth-order valence-electron chi connectivity index (χ4n) is 2.61. The summed E-state index contributed by atoms with van der Waals surface area (Å²) in [5.41, 5.74) is 3.20. The number of carbonyl (C=O) groups is 2. The van der Waals surface area contributed by atoms with Crippen molar-refractivity contribution in [1.29, 1.82) is 0 Å². The van der Waals surface area contributed by atoms with Gasteiger partial charge in [-0.3, -0.25) is 14.6 Å². The van der Waals surface area contributed by atoms with Crippen molar-refractivity contribution in [2.45, 2.75) is 31.8 Å². The highest BCUT2D eigenvalue weighted by molar-refractivity contribution is 7.09. The summed E-state index contributed by atoms with van der Waals surface area (Å²) in [7, 11) is 0. The van der Waals surface area contributed by atoms with Crippen LogP contribution in [0.1, 0.15) is 34.5 Å². The molecule has 1 aromatic carbocycles. The third kappa shape index (κ3) is 4.32. The normalized spacial score (nSPS) is 17.7. The lowest BCUT2D eigenvalue weighted by Crippen LogP contribution is -2.45. The first kappa shape index (κ1) is 16.4. The molecule has 1 aromatic heterocycles. The van der Waals surface area contributed by atoms with Gasteiger partial charge < -0.3 is 16.0 Å². The maximum Gasteiger partial charge on any atom is 0.252 e. The van der Waals surface area contributed by atoms with Crippen molar-refractivity contribution in [2.75, 3.05) is 11.9 Å². The number of nitrogens with zero attached hydrogens (tertiary/aromatic N) is 1. The van der Waals surface area contributed by atoms with Crippen LogP contribution in [0.15, 0.2) is 36.0 Å². The molecule has 2 amide bonds. The summed E-state index contributed by atoms with van der Waals surface area (Å²) in [6.07, 6.45) is 4.38. The van der Waals surface area contributed by atoms with Gasteiger partial charge in [-0.25, -0.2) is 0 Å². The summed E-state index contributed by atoms with van der Waals surface area (Å²) >= 11 is 1.58. The van der Waals surface area contributed by atoms with Crippen molar-refractivity contribution < 1.29 is 9.59 Å². The lowest BCUT2D eigenvalue weighted by Gasteiger charge is -2.15. The van der Waals surface area contributed by atoms with E-state index in [4.69, 9.17) is 0 Å². The zero-order valence-corrected chi connectivity index (χ0v) is 14.1. The van der Waals surface area contributed by atoms with Gasteiger partial charge in [0.1, 0.15) is 6.04 Å². The predicted molar refractivity (Wildman–Crippen MR) is 94.0 cm³/mol. The lowest BCUT2D eigenvalue weighted by molar-refractivity contribution is -0.122. The molecule has 126 valence electrons. The van der Waals surface area contributed by atoms with Crippen LogP contribution in [0.2, 0.25) is 0 Å². The largest absolute Gasteiger partial charge is 0.380 e. The molecule has 6 nitrogen and oxygen atoms in total. The summed E-state index contributed by atoms with van der Waals surface area (Å²) in [5, 5.41) is 8.94. The Kier molecular flexibility index (Phi) is 5.43. The van der Waals surface area contributed by atoms with Crippen LogP contribution in [0, 0.1) is 0 Å². The molecule has 24 heavy (non-hydrogen) atoms. The predicted octanol–water partition coefficient (Wildman–Crippen LogP) is 2.15. The second-order valence-electron chi connectivity index (χ2n) is 5.71. The number of hydrogen-bond donors (Lipinski definition) is 3. The van der Waals surface area contributed by atoms with Gasteiger partial charge in [0.25, 0.3) is 5.91 Å². The van der Waals surface area contributed by atoms with E-state index in [1.54, 1.807) is 29.0 Å². The fourth-order valence-corrected chi connectivity index (χ4v) is 3.14. The number of hydrogen-bond acceptors (Lipinski definition) is 5. The van der Waals surface area contributed by atoms with E-state index >= 15 is 0 Å². The van der Waals surface area contributed by atoms with Crippen LogP contribution < -0.4 is 16.0 Å². The zero-order chi connectivity index (χ0) is 16.8. The number of carbonyl (C=O) groups excluding carboxylic acids is 2. The van der Waals surface area contributed by atoms with E-state index in [1.807, 2.05) is 18.3 Å². The van der Waals surface area contributed by atoms with Gasteiger partial charge in [-0.1, -0.05) is 6.07 Å². The van der Waals surface area contributed by atoms with Crippen LogP contribution in [0.4, 0.5) is 5.69 Å². The molecule has 1 fully saturated rings. The number of thiazole rings is 1. The molecule has 0 bridgehead atoms. The summed E-state index contributed by atoms with van der Waals surface area (Å²) in [6.45, 7) is 1.35. The lowest BCUT2D eigenvalue weighted by atomic mass is 10.1. The van der Waals surface area contributed by atoms with Crippen LogP contribution in [-0.4, -0.2) is 29.4 Å². The summed E-state index contributed by atoms with van der Waals surface area (Å²) in [4.78, 5) is 29.5. The Hall–Kier alpha value is -2.41. The topological polar surface area (TPSA) is 83.1 Å². The van der Waals surface area contributed by atoms with Crippen molar-refractivity contribution in [2.24, 2.45) is 0 Å². The van der Waals surface area contributed by atoms with Gasteiger partial charge in [0.05, 0.1) is 12.1 Å². The van der Waals surface area contributed by atoms with Crippen LogP contribution >= 0.6 is 11.3 Å². The highest BCUT2D eigenvalue weighted by Gasteiger charge is 2.22. The fraction of sp³-hybridized carbons (Fsp3) is 0.353. The number of nitrogens with one attached hydrogen (secondary N) is 3. The maximum atomic E-state index is 12.4. The molecule has 0 spiro atoms. The van der Waals surface area contributed by atoms with Crippen molar-refractivity contribution in [3.05, 3.63) is 46.4 Å². The monoisotopic (exact) mass is 344 g/mol. The molecule has 1 aliphatic heterocycles. The Morgan fingerprint density at radius 2 is 2.29 bits per heavy atom. The molecular formula is C17H20N4O2S. The second-order valence-corrected chi connectivity index (χ2v) is 6.69. The molecule has 0 aliphatic carbocycles. The Labute approximate surface area is 144 Å². The number of benzene rings is 1. The molecule has 2 aromatic rings. The third-order valence-electron chi connectivity index (χ3n) is 3.92. The Bertz CT molecular complexity index is 702. The SMILES string of the molecule is O=C(N[C@H]1CCCCNC1=O)c1cccc(NCc2cncs2)c1. The van der Waals surface area contributed by atoms with Gasteiger partial charge in [0, 0.05) is 28.9 Å². The van der Waals surface area contributed by atoms with Crippen molar-refractivity contribution in [1.82, 2.24) is 15.6 Å². The molecular weight excluding hydrogens is 324 g/mol. The molecule has 0 saturated carbocycles. The van der Waals surface area contributed by atoms with E-state index < -0.39 is 6.04 Å². The highest BCUT2D eigenvalue weighted by Crippen LogP contribution is 2.14. The molecule has 3 N–H and O–H groups in total. The first-order valence-corrected chi connectivity index (χ1v) is 8.90. The van der Waals surface area contributed by atoms with Crippen molar-refractivity contribution >= 4 is 28.8 Å². The van der Waals surface area contributed by atoms with E-state index in [9.17, 15) is 9.59 Å². The Morgan fingerprint density at radius 3 is 3.12 bits per heavy atom. The minimum Gasteiger partial charge on any atom is -0.380 e.